The second-order valence-corrected chi connectivity index (χ2v) is 2.30. The van der Waals surface area contributed by atoms with Crippen LogP contribution in [0.1, 0.15) is 5.56 Å². The quantitative estimate of drug-likeness (QED) is 0.518. The average Bonchev–Trinajstić information content (AvgIpc) is 1.83. The number of hydrogen-bond donors (Lipinski definition) is 2. The average molecular weight is 141 g/mol. The molecule has 48 valence electrons. The summed E-state index contributed by atoms with van der Waals surface area (Å²) in [5, 5.41) is 0. The molecule has 0 fully saturated rings. The van der Waals surface area contributed by atoms with Gasteiger partial charge < -0.3 is 4.98 Å². The lowest BCUT2D eigenvalue weighted by Gasteiger charge is -1.92. The number of nitrogens with one attached hydrogen (secondary N) is 1. The van der Waals surface area contributed by atoms with Gasteiger partial charge in [0.15, 0.2) is 0 Å². The third-order valence-electron chi connectivity index (χ3n) is 1.18. The van der Waals surface area contributed by atoms with E-state index in [2.05, 4.69) is 17.6 Å². The Morgan fingerprint density at radius 3 is 2.78 bits per heavy atom. The molecule has 0 amide bonds. The Labute approximate surface area is 58.3 Å². The predicted octanol–water partition coefficient (Wildman–Crippen LogP) is 0.972. The van der Waals surface area contributed by atoms with Crippen molar-refractivity contribution in [2.45, 2.75) is 11.8 Å². The molecule has 0 aliphatic heterocycles. The van der Waals surface area contributed by atoms with E-state index in [1.807, 2.05) is 0 Å². The van der Waals surface area contributed by atoms with Crippen LogP contribution in [-0.2, 0) is 0 Å². The maximum atomic E-state index is 10.7. The first-order valence-corrected chi connectivity index (χ1v) is 3.04. The van der Waals surface area contributed by atoms with E-state index < -0.39 is 0 Å². The Morgan fingerprint density at radius 1 is 1.67 bits per heavy atom. The van der Waals surface area contributed by atoms with Gasteiger partial charge in [0.25, 0.3) is 5.56 Å². The van der Waals surface area contributed by atoms with Crippen LogP contribution in [0.3, 0.4) is 0 Å². The summed E-state index contributed by atoms with van der Waals surface area (Å²) in [5.41, 5.74) is 0.600. The number of rotatable bonds is 0. The van der Waals surface area contributed by atoms with Crippen LogP contribution in [0.4, 0.5) is 0 Å². The summed E-state index contributed by atoms with van der Waals surface area (Å²) in [6.07, 6.45) is 1.58. The fourth-order valence-electron chi connectivity index (χ4n) is 0.546. The van der Waals surface area contributed by atoms with Gasteiger partial charge in [-0.2, -0.15) is 0 Å². The van der Waals surface area contributed by atoms with E-state index in [1.165, 1.54) is 0 Å². The smallest absolute Gasteiger partial charge is 0.251 e. The predicted molar refractivity (Wildman–Crippen MR) is 39.1 cm³/mol. The Balaban J connectivity index is 3.43. The van der Waals surface area contributed by atoms with Crippen LogP contribution in [0.25, 0.3) is 0 Å². The number of H-pyrrole nitrogens is 1. The van der Waals surface area contributed by atoms with E-state index in [0.29, 0.717) is 5.56 Å². The lowest BCUT2D eigenvalue weighted by molar-refractivity contribution is 1.12. The summed E-state index contributed by atoms with van der Waals surface area (Å²) < 4.78 is 0. The number of hydrogen-bond acceptors (Lipinski definition) is 2. The van der Waals surface area contributed by atoms with Crippen LogP contribution in [0.2, 0.25) is 0 Å². The van der Waals surface area contributed by atoms with Crippen LogP contribution in [-0.4, -0.2) is 4.98 Å². The minimum Gasteiger partial charge on any atom is -0.329 e. The molecule has 0 aromatic carbocycles. The van der Waals surface area contributed by atoms with Gasteiger partial charge in [-0.25, -0.2) is 0 Å². The Kier molecular flexibility index (Phi) is 1.62. The van der Waals surface area contributed by atoms with Gasteiger partial charge >= 0.3 is 0 Å². The minimum absolute atomic E-state index is 0.0671. The maximum Gasteiger partial charge on any atom is 0.251 e. The van der Waals surface area contributed by atoms with E-state index in [-0.39, 0.29) is 5.56 Å². The first kappa shape index (κ1) is 6.42. The fourth-order valence-corrected chi connectivity index (χ4v) is 0.722. The standard InChI is InChI=1S/C6H7NOS/c1-4-5(9)2-3-7-6(4)8/h2-3H,1H3,(H2,7,8,9). The molecule has 3 heteroatoms. The summed E-state index contributed by atoms with van der Waals surface area (Å²) in [6, 6.07) is 1.75. The van der Waals surface area contributed by atoms with E-state index in [0.717, 1.165) is 4.90 Å². The second-order valence-electron chi connectivity index (χ2n) is 1.82. The maximum absolute atomic E-state index is 10.7. The van der Waals surface area contributed by atoms with Crippen molar-refractivity contribution in [1.82, 2.24) is 4.98 Å². The van der Waals surface area contributed by atoms with E-state index >= 15 is 0 Å². The van der Waals surface area contributed by atoms with Gasteiger partial charge in [-0.3, -0.25) is 4.79 Å². The molecule has 1 heterocycles. The zero-order valence-corrected chi connectivity index (χ0v) is 5.90. The zero-order valence-electron chi connectivity index (χ0n) is 5.01. The highest BCUT2D eigenvalue weighted by Crippen LogP contribution is 2.04. The molecule has 0 unspecified atom stereocenters. The van der Waals surface area contributed by atoms with Gasteiger partial charge in [0.1, 0.15) is 0 Å². The van der Waals surface area contributed by atoms with Crippen molar-refractivity contribution in [1.29, 1.82) is 0 Å². The summed E-state index contributed by atoms with van der Waals surface area (Å²) in [6.45, 7) is 1.74. The van der Waals surface area contributed by atoms with Gasteiger partial charge in [-0.15, -0.1) is 12.6 Å². The van der Waals surface area contributed by atoms with Crippen LogP contribution in [0.15, 0.2) is 22.0 Å². The molecule has 1 rings (SSSR count). The van der Waals surface area contributed by atoms with Crippen molar-refractivity contribution in [3.8, 4) is 0 Å². The van der Waals surface area contributed by atoms with Gasteiger partial charge in [0.2, 0.25) is 0 Å². The zero-order chi connectivity index (χ0) is 6.85. The molecule has 1 N–H and O–H groups in total. The number of pyridine rings is 1. The lowest BCUT2D eigenvalue weighted by Crippen LogP contribution is -2.07. The Bertz CT molecular complexity index is 266. The highest BCUT2D eigenvalue weighted by Gasteiger charge is 1.93. The SMILES string of the molecule is Cc1c(S)cc[nH]c1=O. The third-order valence-corrected chi connectivity index (χ3v) is 1.66. The van der Waals surface area contributed by atoms with E-state index in [4.69, 9.17) is 0 Å². The molecule has 1 aromatic rings. The number of aromatic nitrogens is 1. The van der Waals surface area contributed by atoms with Crippen LogP contribution >= 0.6 is 12.6 Å². The van der Waals surface area contributed by atoms with Gasteiger partial charge in [0, 0.05) is 16.7 Å². The summed E-state index contributed by atoms with van der Waals surface area (Å²) in [4.78, 5) is 14.0. The van der Waals surface area contributed by atoms with E-state index in [1.54, 1.807) is 19.2 Å². The van der Waals surface area contributed by atoms with Gasteiger partial charge in [-0.1, -0.05) is 0 Å². The topological polar surface area (TPSA) is 32.9 Å². The van der Waals surface area contributed by atoms with E-state index in [9.17, 15) is 4.79 Å². The molecule has 2 nitrogen and oxygen atoms in total. The number of aromatic amines is 1. The Morgan fingerprint density at radius 2 is 2.33 bits per heavy atom. The monoisotopic (exact) mass is 141 g/mol. The van der Waals surface area contributed by atoms with Crippen molar-refractivity contribution in [3.63, 3.8) is 0 Å². The van der Waals surface area contributed by atoms with Crippen LogP contribution < -0.4 is 5.56 Å². The fraction of sp³-hybridized carbons (Fsp3) is 0.167. The minimum atomic E-state index is -0.0671. The first-order valence-electron chi connectivity index (χ1n) is 2.59. The Hall–Kier alpha value is -0.700. The molecule has 0 bridgehead atoms. The normalized spacial score (nSPS) is 9.56. The molecular formula is C6H7NOS. The highest BCUT2D eigenvalue weighted by molar-refractivity contribution is 7.80. The van der Waals surface area contributed by atoms with Crippen molar-refractivity contribution in [3.05, 3.63) is 28.2 Å². The first-order chi connectivity index (χ1) is 4.22. The van der Waals surface area contributed by atoms with Gasteiger partial charge in [0.05, 0.1) is 0 Å². The van der Waals surface area contributed by atoms with Crippen LogP contribution in [0.5, 0.6) is 0 Å². The van der Waals surface area contributed by atoms with Gasteiger partial charge in [-0.05, 0) is 13.0 Å². The van der Waals surface area contributed by atoms with Crippen molar-refractivity contribution in [2.75, 3.05) is 0 Å². The van der Waals surface area contributed by atoms with Crippen molar-refractivity contribution >= 4 is 12.6 Å². The molecule has 0 radical (unpaired) electrons. The highest BCUT2D eigenvalue weighted by atomic mass is 32.1. The molecule has 0 saturated carbocycles. The molecule has 0 aliphatic carbocycles. The number of thiol groups is 1. The largest absolute Gasteiger partial charge is 0.329 e. The lowest BCUT2D eigenvalue weighted by atomic mass is 10.3. The van der Waals surface area contributed by atoms with Crippen LogP contribution in [0, 0.1) is 6.92 Å². The molecule has 0 aliphatic rings. The van der Waals surface area contributed by atoms with Crippen molar-refractivity contribution < 1.29 is 0 Å². The molecule has 1 aromatic heterocycles. The summed E-state index contributed by atoms with van der Waals surface area (Å²) >= 11 is 4.05. The summed E-state index contributed by atoms with van der Waals surface area (Å²) in [7, 11) is 0. The molecule has 9 heavy (non-hydrogen) atoms. The molecule has 0 atom stereocenters. The van der Waals surface area contributed by atoms with Crippen molar-refractivity contribution in [2.24, 2.45) is 0 Å². The second kappa shape index (κ2) is 2.27. The third kappa shape index (κ3) is 1.16. The molecule has 0 saturated heterocycles. The molecule has 0 spiro atoms. The summed E-state index contributed by atoms with van der Waals surface area (Å²) in [5.74, 6) is 0. The molecular weight excluding hydrogens is 134 g/mol.